The molecule has 2 heterocycles. The Kier molecular flexibility index (Phi) is 6.31. The summed E-state index contributed by atoms with van der Waals surface area (Å²) in [5.41, 5.74) is 0.702. The van der Waals surface area contributed by atoms with Crippen LogP contribution in [0.3, 0.4) is 0 Å². The molecular formula is C20H27N4O3S+. The smallest absolute Gasteiger partial charge is 0.274 e. The molecule has 0 radical (unpaired) electrons. The maximum atomic E-state index is 12.6. The number of H-pyrrole nitrogens is 1. The molecule has 28 heavy (non-hydrogen) atoms. The van der Waals surface area contributed by atoms with Crippen molar-refractivity contribution in [1.29, 1.82) is 0 Å². The minimum absolute atomic E-state index is 0.0462. The highest BCUT2D eigenvalue weighted by Crippen LogP contribution is 2.17. The van der Waals surface area contributed by atoms with E-state index in [1.54, 1.807) is 18.3 Å². The van der Waals surface area contributed by atoms with Crippen LogP contribution in [0.4, 0.5) is 5.82 Å². The number of amides is 1. The first-order valence-electron chi connectivity index (χ1n) is 9.58. The van der Waals surface area contributed by atoms with E-state index < -0.39 is 10.0 Å². The lowest BCUT2D eigenvalue weighted by atomic mass is 10.2. The van der Waals surface area contributed by atoms with Crippen molar-refractivity contribution in [1.82, 2.24) is 9.21 Å². The number of sulfonamides is 1. The van der Waals surface area contributed by atoms with Gasteiger partial charge in [-0.15, -0.1) is 0 Å². The van der Waals surface area contributed by atoms with E-state index in [9.17, 15) is 13.2 Å². The molecule has 0 saturated carbocycles. The zero-order valence-electron chi connectivity index (χ0n) is 16.3. The lowest BCUT2D eigenvalue weighted by Crippen LogP contribution is -2.50. The number of piperazine rings is 1. The summed E-state index contributed by atoms with van der Waals surface area (Å²) in [5.74, 6) is 0.898. The Morgan fingerprint density at radius 1 is 1.00 bits per heavy atom. The molecule has 150 valence electrons. The Morgan fingerprint density at radius 3 is 2.18 bits per heavy atom. The fourth-order valence-electron chi connectivity index (χ4n) is 3.39. The molecule has 2 aromatic rings. The van der Waals surface area contributed by atoms with Crippen molar-refractivity contribution in [3.8, 4) is 0 Å². The molecular weight excluding hydrogens is 376 g/mol. The van der Waals surface area contributed by atoms with Crippen molar-refractivity contribution in [3.05, 3.63) is 54.2 Å². The van der Waals surface area contributed by atoms with Gasteiger partial charge in [0.2, 0.25) is 10.0 Å². The molecule has 1 aliphatic heterocycles. The van der Waals surface area contributed by atoms with Gasteiger partial charge in [-0.2, -0.15) is 4.31 Å². The number of aromatic nitrogens is 1. The fourth-order valence-corrected chi connectivity index (χ4v) is 4.81. The third-order valence-electron chi connectivity index (χ3n) is 5.04. The van der Waals surface area contributed by atoms with Gasteiger partial charge in [-0.05, 0) is 18.2 Å². The third-order valence-corrected chi connectivity index (χ3v) is 7.09. The number of rotatable bonds is 6. The first kappa shape index (κ1) is 20.3. The molecule has 3 rings (SSSR count). The number of hydrogen-bond donors (Lipinski definition) is 0. The van der Waals surface area contributed by atoms with Crippen LogP contribution in [-0.4, -0.2) is 62.8 Å². The molecule has 1 saturated heterocycles. The second-order valence-electron chi connectivity index (χ2n) is 6.64. The molecule has 1 aliphatic rings. The molecule has 7 nitrogen and oxygen atoms in total. The van der Waals surface area contributed by atoms with E-state index in [-0.39, 0.29) is 10.8 Å². The van der Waals surface area contributed by atoms with Crippen molar-refractivity contribution in [2.45, 2.75) is 18.7 Å². The van der Waals surface area contributed by atoms with Crippen molar-refractivity contribution in [2.24, 2.45) is 0 Å². The number of nitrogens with zero attached hydrogens (tertiary/aromatic N) is 3. The minimum atomic E-state index is -3.47. The van der Waals surface area contributed by atoms with Crippen molar-refractivity contribution >= 4 is 21.7 Å². The zero-order chi connectivity index (χ0) is 20.1. The average Bonchev–Trinajstić information content (AvgIpc) is 2.75. The van der Waals surface area contributed by atoms with Gasteiger partial charge in [0.15, 0.2) is 0 Å². The molecule has 0 bridgehead atoms. The molecule has 0 unspecified atom stereocenters. The standard InChI is InChI=1S/C20H26N4O3S/c1-3-24(4-2)28(26,27)18-10-11-19(21-16-18)22-12-14-23(15-13-22)20(25)17-8-6-5-7-9-17/h5-11,16H,3-4,12-15H2,1-2H3/p+1. The number of carbonyl (C=O) groups is 1. The predicted molar refractivity (Wildman–Crippen MR) is 108 cm³/mol. The molecule has 0 aliphatic carbocycles. The second kappa shape index (κ2) is 8.70. The van der Waals surface area contributed by atoms with Gasteiger partial charge in [-0.3, -0.25) is 9.69 Å². The van der Waals surface area contributed by atoms with Gasteiger partial charge in [0.1, 0.15) is 24.2 Å². The summed E-state index contributed by atoms with van der Waals surface area (Å²) in [4.78, 5) is 19.9. The SMILES string of the molecule is CCN(CC)S(=O)(=O)c1ccc(N2CCN(C(=O)c3ccccc3)CC2)[nH+]c1. The normalized spacial score (nSPS) is 15.1. The van der Waals surface area contributed by atoms with Gasteiger partial charge in [0, 0.05) is 24.7 Å². The first-order chi connectivity index (χ1) is 13.5. The molecule has 8 heteroatoms. The third kappa shape index (κ3) is 4.18. The summed E-state index contributed by atoms with van der Waals surface area (Å²) in [6.07, 6.45) is 1.55. The number of nitrogens with one attached hydrogen (secondary N) is 1. The van der Waals surface area contributed by atoms with Crippen LogP contribution >= 0.6 is 0 Å². The van der Waals surface area contributed by atoms with Gasteiger partial charge in [0.25, 0.3) is 11.7 Å². The highest BCUT2D eigenvalue weighted by molar-refractivity contribution is 7.89. The Labute approximate surface area is 166 Å². The summed E-state index contributed by atoms with van der Waals surface area (Å²) in [6, 6.07) is 12.7. The highest BCUT2D eigenvalue weighted by Gasteiger charge is 2.28. The lowest BCUT2D eigenvalue weighted by molar-refractivity contribution is -0.367. The van der Waals surface area contributed by atoms with Crippen molar-refractivity contribution < 1.29 is 18.2 Å². The minimum Gasteiger partial charge on any atom is -0.331 e. The highest BCUT2D eigenvalue weighted by atomic mass is 32.2. The van der Waals surface area contributed by atoms with Crippen LogP contribution in [0, 0.1) is 0 Å². The molecule has 1 fully saturated rings. The Hall–Kier alpha value is -2.45. The zero-order valence-corrected chi connectivity index (χ0v) is 17.2. The number of hydrogen-bond acceptors (Lipinski definition) is 4. The topological polar surface area (TPSA) is 75.1 Å². The number of carbonyl (C=O) groups excluding carboxylic acids is 1. The number of anilines is 1. The fraction of sp³-hybridized carbons (Fsp3) is 0.400. The first-order valence-corrected chi connectivity index (χ1v) is 11.0. The number of pyridine rings is 1. The van der Waals surface area contributed by atoms with Crippen LogP contribution < -0.4 is 9.88 Å². The Morgan fingerprint density at radius 2 is 1.64 bits per heavy atom. The van der Waals surface area contributed by atoms with E-state index in [1.807, 2.05) is 49.1 Å². The number of benzene rings is 1. The van der Waals surface area contributed by atoms with Gasteiger partial charge in [-0.25, -0.2) is 13.4 Å². The number of aromatic amines is 1. The van der Waals surface area contributed by atoms with E-state index in [0.29, 0.717) is 44.8 Å². The molecule has 0 atom stereocenters. The van der Waals surface area contributed by atoms with Crippen molar-refractivity contribution in [3.63, 3.8) is 0 Å². The van der Waals surface area contributed by atoms with E-state index in [4.69, 9.17) is 0 Å². The van der Waals surface area contributed by atoms with E-state index in [0.717, 1.165) is 5.82 Å². The quantitative estimate of drug-likeness (QED) is 0.732. The molecule has 1 aromatic carbocycles. The van der Waals surface area contributed by atoms with E-state index in [2.05, 4.69) is 9.88 Å². The maximum Gasteiger partial charge on any atom is 0.274 e. The second-order valence-corrected chi connectivity index (χ2v) is 8.58. The van der Waals surface area contributed by atoms with Gasteiger partial charge in [-0.1, -0.05) is 32.0 Å². The van der Waals surface area contributed by atoms with Crippen LogP contribution in [0.2, 0.25) is 0 Å². The van der Waals surface area contributed by atoms with Crippen LogP contribution in [0.1, 0.15) is 24.2 Å². The molecule has 0 spiro atoms. The van der Waals surface area contributed by atoms with Crippen LogP contribution in [0.5, 0.6) is 0 Å². The Bertz CT molecular complexity index is 889. The summed E-state index contributed by atoms with van der Waals surface area (Å²) in [5, 5.41) is 0. The monoisotopic (exact) mass is 403 g/mol. The molecule has 1 aromatic heterocycles. The van der Waals surface area contributed by atoms with Crippen LogP contribution in [-0.2, 0) is 10.0 Å². The summed E-state index contributed by atoms with van der Waals surface area (Å²) >= 11 is 0. The average molecular weight is 404 g/mol. The molecule has 1 amide bonds. The van der Waals surface area contributed by atoms with Gasteiger partial charge < -0.3 is 4.90 Å². The summed E-state index contributed by atoms with van der Waals surface area (Å²) in [7, 11) is -3.47. The summed E-state index contributed by atoms with van der Waals surface area (Å²) in [6.45, 7) is 7.18. The van der Waals surface area contributed by atoms with E-state index >= 15 is 0 Å². The van der Waals surface area contributed by atoms with Crippen molar-refractivity contribution in [2.75, 3.05) is 44.2 Å². The van der Waals surface area contributed by atoms with Gasteiger partial charge >= 0.3 is 0 Å². The van der Waals surface area contributed by atoms with Crippen LogP contribution in [0.25, 0.3) is 0 Å². The molecule has 1 N–H and O–H groups in total. The predicted octanol–water partition coefficient (Wildman–Crippen LogP) is 1.49. The van der Waals surface area contributed by atoms with Gasteiger partial charge in [0.05, 0.1) is 13.1 Å². The maximum absolute atomic E-state index is 12.6. The Balaban J connectivity index is 1.64. The largest absolute Gasteiger partial charge is 0.331 e. The van der Waals surface area contributed by atoms with E-state index in [1.165, 1.54) is 4.31 Å². The van der Waals surface area contributed by atoms with Crippen LogP contribution in [0.15, 0.2) is 53.6 Å². The lowest BCUT2D eigenvalue weighted by Gasteiger charge is -2.31. The summed E-state index contributed by atoms with van der Waals surface area (Å²) < 4.78 is 26.6.